The molecular formula is C20H27BrN2O3S. The summed E-state index contributed by atoms with van der Waals surface area (Å²) in [6, 6.07) is 6.64. The number of sulfonamides is 1. The van der Waals surface area contributed by atoms with E-state index in [0.29, 0.717) is 19.5 Å². The first-order valence-electron chi connectivity index (χ1n) is 9.68. The van der Waals surface area contributed by atoms with Gasteiger partial charge in [0.25, 0.3) is 0 Å². The van der Waals surface area contributed by atoms with Gasteiger partial charge in [0, 0.05) is 24.1 Å². The second-order valence-electron chi connectivity index (χ2n) is 7.31. The molecule has 1 N–H and O–H groups in total. The SMILES string of the molecule is O=C(NCCC1=CCCCC1)C1CCCN(S(=O)(=O)c2ccc(Br)cc2)C1. The van der Waals surface area contributed by atoms with Gasteiger partial charge < -0.3 is 5.32 Å². The minimum atomic E-state index is -3.56. The zero-order chi connectivity index (χ0) is 19.3. The summed E-state index contributed by atoms with van der Waals surface area (Å²) in [5.74, 6) is -0.300. The summed E-state index contributed by atoms with van der Waals surface area (Å²) in [5.41, 5.74) is 1.43. The maximum atomic E-state index is 12.9. The second kappa shape index (κ2) is 9.34. The molecule has 1 heterocycles. The number of carbonyl (C=O) groups is 1. The topological polar surface area (TPSA) is 66.5 Å². The lowest BCUT2D eigenvalue weighted by Gasteiger charge is -2.31. The lowest BCUT2D eigenvalue weighted by Crippen LogP contribution is -2.45. The molecule has 3 rings (SSSR count). The molecule has 1 fully saturated rings. The van der Waals surface area contributed by atoms with Gasteiger partial charge in [-0.1, -0.05) is 27.6 Å². The van der Waals surface area contributed by atoms with Gasteiger partial charge in [-0.15, -0.1) is 0 Å². The molecule has 5 nitrogen and oxygen atoms in total. The molecule has 1 aromatic rings. The van der Waals surface area contributed by atoms with E-state index in [0.717, 1.165) is 30.2 Å². The van der Waals surface area contributed by atoms with Gasteiger partial charge in [0.15, 0.2) is 0 Å². The number of halogens is 1. The molecule has 0 saturated carbocycles. The Balaban J connectivity index is 1.55. The highest BCUT2D eigenvalue weighted by Crippen LogP contribution is 2.25. The van der Waals surface area contributed by atoms with Crippen LogP contribution in [-0.4, -0.2) is 38.3 Å². The largest absolute Gasteiger partial charge is 0.356 e. The van der Waals surface area contributed by atoms with Crippen LogP contribution in [0, 0.1) is 5.92 Å². The number of rotatable bonds is 6. The first kappa shape index (κ1) is 20.6. The number of amides is 1. The van der Waals surface area contributed by atoms with Gasteiger partial charge in [-0.3, -0.25) is 4.79 Å². The predicted molar refractivity (Wildman–Crippen MR) is 110 cm³/mol. The Bertz CT molecular complexity index is 790. The summed E-state index contributed by atoms with van der Waals surface area (Å²) in [6.45, 7) is 1.36. The monoisotopic (exact) mass is 454 g/mol. The summed E-state index contributed by atoms with van der Waals surface area (Å²) >= 11 is 3.32. The normalized spacial score (nSPS) is 21.5. The van der Waals surface area contributed by atoms with Crippen LogP contribution in [-0.2, 0) is 14.8 Å². The second-order valence-corrected chi connectivity index (χ2v) is 10.2. The maximum absolute atomic E-state index is 12.9. The maximum Gasteiger partial charge on any atom is 0.243 e. The van der Waals surface area contributed by atoms with Crippen molar-refractivity contribution in [1.29, 1.82) is 0 Å². The molecule has 1 unspecified atom stereocenters. The number of nitrogens with zero attached hydrogens (tertiary/aromatic N) is 1. The number of allylic oxidation sites excluding steroid dienone is 1. The Hall–Kier alpha value is -1.18. The average molecular weight is 455 g/mol. The van der Waals surface area contributed by atoms with E-state index >= 15 is 0 Å². The van der Waals surface area contributed by atoms with E-state index in [1.54, 1.807) is 24.3 Å². The first-order chi connectivity index (χ1) is 13.0. The van der Waals surface area contributed by atoms with Crippen LogP contribution in [0.5, 0.6) is 0 Å². The fraction of sp³-hybridized carbons (Fsp3) is 0.550. The standard InChI is InChI=1S/C20H27BrN2O3S/c21-18-8-10-19(11-9-18)27(25,26)23-14-4-7-17(15-23)20(24)22-13-12-16-5-2-1-3-6-16/h5,8-11,17H,1-4,6-7,12-15H2,(H,22,24). The Morgan fingerprint density at radius 2 is 1.96 bits per heavy atom. The summed E-state index contributed by atoms with van der Waals surface area (Å²) in [4.78, 5) is 12.8. The van der Waals surface area contributed by atoms with Gasteiger partial charge in [-0.25, -0.2) is 8.42 Å². The fourth-order valence-corrected chi connectivity index (χ4v) is 5.54. The average Bonchev–Trinajstić information content (AvgIpc) is 2.69. The van der Waals surface area contributed by atoms with Crippen LogP contribution in [0.3, 0.4) is 0 Å². The van der Waals surface area contributed by atoms with Crippen LogP contribution in [0.1, 0.15) is 44.9 Å². The molecule has 7 heteroatoms. The van der Waals surface area contributed by atoms with Crippen LogP contribution in [0.2, 0.25) is 0 Å². The molecule has 1 aliphatic heterocycles. The molecule has 1 aromatic carbocycles. The number of hydrogen-bond donors (Lipinski definition) is 1. The zero-order valence-electron chi connectivity index (χ0n) is 15.5. The number of carbonyl (C=O) groups excluding carboxylic acids is 1. The highest BCUT2D eigenvalue weighted by atomic mass is 79.9. The third-order valence-corrected chi connectivity index (χ3v) is 7.74. The van der Waals surface area contributed by atoms with E-state index in [2.05, 4.69) is 27.3 Å². The highest BCUT2D eigenvalue weighted by molar-refractivity contribution is 9.10. The van der Waals surface area contributed by atoms with Crippen molar-refractivity contribution in [3.63, 3.8) is 0 Å². The first-order valence-corrected chi connectivity index (χ1v) is 11.9. The van der Waals surface area contributed by atoms with E-state index in [1.807, 2.05) is 0 Å². The Morgan fingerprint density at radius 3 is 2.67 bits per heavy atom. The Labute approximate surface area is 170 Å². The predicted octanol–water partition coefficient (Wildman–Crippen LogP) is 3.86. The summed E-state index contributed by atoms with van der Waals surface area (Å²) < 4.78 is 28.0. The molecular weight excluding hydrogens is 428 g/mol. The fourth-order valence-electron chi connectivity index (χ4n) is 3.75. The van der Waals surface area contributed by atoms with E-state index < -0.39 is 10.0 Å². The van der Waals surface area contributed by atoms with Gasteiger partial charge in [-0.2, -0.15) is 4.31 Å². The molecule has 0 radical (unpaired) electrons. The van der Waals surface area contributed by atoms with Gasteiger partial charge in [0.1, 0.15) is 0 Å². The van der Waals surface area contributed by atoms with E-state index in [9.17, 15) is 13.2 Å². The Morgan fingerprint density at radius 1 is 1.19 bits per heavy atom. The number of nitrogens with one attached hydrogen (secondary N) is 1. The van der Waals surface area contributed by atoms with Crippen molar-refractivity contribution in [2.24, 2.45) is 5.92 Å². The minimum Gasteiger partial charge on any atom is -0.356 e. The van der Waals surface area contributed by atoms with Crippen molar-refractivity contribution in [1.82, 2.24) is 9.62 Å². The van der Waals surface area contributed by atoms with Gasteiger partial charge >= 0.3 is 0 Å². The van der Waals surface area contributed by atoms with Crippen LogP contribution < -0.4 is 5.32 Å². The number of benzene rings is 1. The molecule has 1 saturated heterocycles. The number of hydrogen-bond acceptors (Lipinski definition) is 3. The molecule has 0 aromatic heterocycles. The van der Waals surface area contributed by atoms with Crippen molar-refractivity contribution in [3.8, 4) is 0 Å². The zero-order valence-corrected chi connectivity index (χ0v) is 17.9. The van der Waals surface area contributed by atoms with Gasteiger partial charge in [-0.05, 0) is 69.2 Å². The third kappa shape index (κ3) is 5.42. The summed E-state index contributed by atoms with van der Waals surface area (Å²) in [6.07, 6.45) is 9.43. The van der Waals surface area contributed by atoms with Crippen LogP contribution in [0.4, 0.5) is 0 Å². The molecule has 27 heavy (non-hydrogen) atoms. The van der Waals surface area contributed by atoms with E-state index in [4.69, 9.17) is 0 Å². The van der Waals surface area contributed by atoms with E-state index in [1.165, 1.54) is 22.7 Å². The van der Waals surface area contributed by atoms with Crippen LogP contribution in [0.15, 0.2) is 45.3 Å². The quantitative estimate of drug-likeness (QED) is 0.663. The molecule has 1 atom stereocenters. The van der Waals surface area contributed by atoms with Crippen molar-refractivity contribution in [2.45, 2.75) is 49.8 Å². The Kier molecular flexibility index (Phi) is 7.11. The van der Waals surface area contributed by atoms with Crippen molar-refractivity contribution in [2.75, 3.05) is 19.6 Å². The number of piperidine rings is 1. The van der Waals surface area contributed by atoms with Crippen LogP contribution in [0.25, 0.3) is 0 Å². The van der Waals surface area contributed by atoms with E-state index in [-0.39, 0.29) is 23.3 Å². The van der Waals surface area contributed by atoms with Gasteiger partial charge in [0.05, 0.1) is 10.8 Å². The summed E-state index contributed by atoms with van der Waals surface area (Å²) in [5, 5.41) is 3.01. The molecule has 148 valence electrons. The highest BCUT2D eigenvalue weighted by Gasteiger charge is 2.33. The van der Waals surface area contributed by atoms with Crippen molar-refractivity contribution < 1.29 is 13.2 Å². The lowest BCUT2D eigenvalue weighted by atomic mass is 9.96. The van der Waals surface area contributed by atoms with Crippen molar-refractivity contribution >= 4 is 31.9 Å². The molecule has 1 aliphatic carbocycles. The molecule has 2 aliphatic rings. The van der Waals surface area contributed by atoms with Crippen LogP contribution >= 0.6 is 15.9 Å². The smallest absolute Gasteiger partial charge is 0.243 e. The molecule has 0 bridgehead atoms. The lowest BCUT2D eigenvalue weighted by molar-refractivity contribution is -0.126. The third-order valence-electron chi connectivity index (χ3n) is 5.34. The van der Waals surface area contributed by atoms with Crippen molar-refractivity contribution in [3.05, 3.63) is 40.4 Å². The molecule has 1 amide bonds. The van der Waals surface area contributed by atoms with Gasteiger partial charge in [0.2, 0.25) is 15.9 Å². The molecule has 0 spiro atoms. The minimum absolute atomic E-state index is 0.0258. The summed E-state index contributed by atoms with van der Waals surface area (Å²) in [7, 11) is -3.56.